The van der Waals surface area contributed by atoms with E-state index in [2.05, 4.69) is 0 Å². The summed E-state index contributed by atoms with van der Waals surface area (Å²) >= 11 is 0. The van der Waals surface area contributed by atoms with E-state index in [0.717, 1.165) is 0 Å². The normalized spacial score (nSPS) is 6.00. The number of halogens is 2. The van der Waals surface area contributed by atoms with Crippen molar-refractivity contribution in [1.82, 2.24) is 15.0 Å². The van der Waals surface area contributed by atoms with Crippen LogP contribution >= 0.6 is 24.8 Å². The maximum absolute atomic E-state index is 10.2. The summed E-state index contributed by atoms with van der Waals surface area (Å²) in [4.78, 5) is 35.9. The van der Waals surface area contributed by atoms with Gasteiger partial charge in [-0.15, -0.1) is 24.8 Å². The molecule has 0 spiro atoms. The van der Waals surface area contributed by atoms with Crippen LogP contribution < -0.4 is 17.1 Å². The second-order valence-corrected chi connectivity index (χ2v) is 1.36. The molecule has 0 saturated carbocycles. The molecule has 0 aliphatic heterocycles. The summed E-state index contributed by atoms with van der Waals surface area (Å²) in [7, 11) is 0. The van der Waals surface area contributed by atoms with E-state index in [0.29, 0.717) is 0 Å². The molecule has 0 saturated heterocycles. The van der Waals surface area contributed by atoms with E-state index in [1.54, 1.807) is 15.0 Å². The first-order valence-electron chi connectivity index (χ1n) is 2.11. The molecule has 3 N–H and O–H groups in total. The van der Waals surface area contributed by atoms with Crippen molar-refractivity contribution < 1.29 is 0 Å². The van der Waals surface area contributed by atoms with Crippen LogP contribution in [0.15, 0.2) is 14.4 Å². The van der Waals surface area contributed by atoms with E-state index in [1.165, 1.54) is 0 Å². The Labute approximate surface area is 157 Å². The minimum atomic E-state index is -0.802. The minimum absolute atomic E-state index is 0. The molecular weight excluding hydrogens is 266 g/mol. The molecule has 0 bridgehead atoms. The molecule has 0 unspecified atom stereocenters. The summed E-state index contributed by atoms with van der Waals surface area (Å²) in [5, 5.41) is 0. The zero-order valence-electron chi connectivity index (χ0n) is 5.04. The summed E-state index contributed by atoms with van der Waals surface area (Å²) in [5.74, 6) is 0. The summed E-state index contributed by atoms with van der Waals surface area (Å²) < 4.78 is 0. The van der Waals surface area contributed by atoms with E-state index in [-0.39, 0.29) is 113 Å². The topological polar surface area (TPSA) is 98.6 Å². The molecule has 14 heavy (non-hydrogen) atoms. The average molecular weight is 274 g/mol. The molecule has 0 radical (unpaired) electrons. The van der Waals surface area contributed by atoms with E-state index in [1.807, 2.05) is 0 Å². The number of aromatic amines is 3. The fourth-order valence-electron chi connectivity index (χ4n) is 0.403. The van der Waals surface area contributed by atoms with E-state index in [9.17, 15) is 14.4 Å². The quantitative estimate of drug-likeness (QED) is 0.431. The van der Waals surface area contributed by atoms with Gasteiger partial charge in [0.2, 0.25) is 0 Å². The SMILES string of the molecule is Cl.Cl.O=c1[nH]c(=O)[nH]c(=O)[nH]1.[NaH].[NaH].[NaH]. The van der Waals surface area contributed by atoms with Crippen LogP contribution in [0.5, 0.6) is 0 Å². The molecule has 0 fully saturated rings. The van der Waals surface area contributed by atoms with Crippen molar-refractivity contribution in [1.29, 1.82) is 0 Å². The Hall–Kier alpha value is 1.99. The standard InChI is InChI=1S/C3H3N3O3.2ClH.3Na.3H/c7-1-4-2(8)6-3(9)5-1;;;;;;;;/h(H3,4,5,6,7,8,9);2*1H;;;;;;. The molecule has 6 nitrogen and oxygen atoms in total. The molecule has 70 valence electrons. The number of aromatic nitrogens is 3. The number of hydrogen-bond acceptors (Lipinski definition) is 3. The number of hydrogen-bond donors (Lipinski definition) is 3. The van der Waals surface area contributed by atoms with Crippen LogP contribution in [0, 0.1) is 0 Å². The van der Waals surface area contributed by atoms with Crippen molar-refractivity contribution >= 4 is 113 Å². The predicted molar refractivity (Wildman–Crippen MR) is 64.2 cm³/mol. The first kappa shape index (κ1) is 29.7. The van der Waals surface area contributed by atoms with Gasteiger partial charge in [0.25, 0.3) is 0 Å². The molecular formula is C3H8Cl2N3Na3O3. The van der Waals surface area contributed by atoms with Gasteiger partial charge >= 0.3 is 106 Å². The second kappa shape index (κ2) is 15.0. The van der Waals surface area contributed by atoms with Gasteiger partial charge in [-0.2, -0.15) is 0 Å². The van der Waals surface area contributed by atoms with Gasteiger partial charge in [0.15, 0.2) is 0 Å². The molecule has 0 atom stereocenters. The molecule has 0 aliphatic carbocycles. The number of rotatable bonds is 0. The zero-order chi connectivity index (χ0) is 6.85. The van der Waals surface area contributed by atoms with Gasteiger partial charge in [0.1, 0.15) is 0 Å². The third-order valence-electron chi connectivity index (χ3n) is 0.681. The van der Waals surface area contributed by atoms with Gasteiger partial charge in [0, 0.05) is 0 Å². The molecule has 1 aromatic heterocycles. The second-order valence-electron chi connectivity index (χ2n) is 1.36. The average Bonchev–Trinajstić information content (AvgIpc) is 1.59. The van der Waals surface area contributed by atoms with Crippen molar-refractivity contribution in [3.05, 3.63) is 31.5 Å². The van der Waals surface area contributed by atoms with Crippen LogP contribution in [0.4, 0.5) is 0 Å². The molecule has 11 heteroatoms. The Bertz CT molecular complexity index is 295. The van der Waals surface area contributed by atoms with Crippen molar-refractivity contribution in [3.63, 3.8) is 0 Å². The number of H-pyrrole nitrogens is 3. The Morgan fingerprint density at radius 1 is 0.571 bits per heavy atom. The van der Waals surface area contributed by atoms with Gasteiger partial charge in [-0.05, 0) is 0 Å². The first-order valence-corrected chi connectivity index (χ1v) is 2.11. The summed E-state index contributed by atoms with van der Waals surface area (Å²) in [6.45, 7) is 0. The van der Waals surface area contributed by atoms with Crippen LogP contribution in [-0.4, -0.2) is 104 Å². The van der Waals surface area contributed by atoms with Gasteiger partial charge in [-0.1, -0.05) is 0 Å². The zero-order valence-corrected chi connectivity index (χ0v) is 6.67. The Balaban J connectivity index is -0.0000000540. The van der Waals surface area contributed by atoms with Gasteiger partial charge in [-0.3, -0.25) is 15.0 Å². The van der Waals surface area contributed by atoms with Crippen LogP contribution in [0.25, 0.3) is 0 Å². The van der Waals surface area contributed by atoms with Crippen molar-refractivity contribution in [2.75, 3.05) is 0 Å². The number of nitrogens with one attached hydrogen (secondary N) is 3. The monoisotopic (exact) mass is 273 g/mol. The Morgan fingerprint density at radius 3 is 0.857 bits per heavy atom. The first-order chi connectivity index (χ1) is 4.18. The summed E-state index contributed by atoms with van der Waals surface area (Å²) in [6, 6.07) is 0. The molecule has 0 aromatic carbocycles. The Morgan fingerprint density at radius 2 is 0.714 bits per heavy atom. The molecule has 1 heterocycles. The van der Waals surface area contributed by atoms with Crippen LogP contribution in [0.2, 0.25) is 0 Å². The van der Waals surface area contributed by atoms with Gasteiger partial charge < -0.3 is 0 Å². The van der Waals surface area contributed by atoms with Crippen molar-refractivity contribution in [2.45, 2.75) is 0 Å². The predicted octanol–water partition coefficient (Wildman–Crippen LogP) is -3.35. The molecule has 1 aromatic rings. The van der Waals surface area contributed by atoms with E-state index >= 15 is 0 Å². The van der Waals surface area contributed by atoms with Gasteiger partial charge in [-0.25, -0.2) is 14.4 Å². The fraction of sp³-hybridized carbons (Fsp3) is 0. The summed E-state index contributed by atoms with van der Waals surface area (Å²) in [6.07, 6.45) is 0. The van der Waals surface area contributed by atoms with Crippen LogP contribution in [0.3, 0.4) is 0 Å². The third kappa shape index (κ3) is 12.1. The van der Waals surface area contributed by atoms with Crippen LogP contribution in [0.1, 0.15) is 0 Å². The maximum atomic E-state index is 10.2. The summed E-state index contributed by atoms with van der Waals surface area (Å²) in [5.41, 5.74) is -2.41. The van der Waals surface area contributed by atoms with Crippen LogP contribution in [-0.2, 0) is 0 Å². The molecule has 1 rings (SSSR count). The fourth-order valence-corrected chi connectivity index (χ4v) is 0.403. The van der Waals surface area contributed by atoms with Crippen molar-refractivity contribution in [3.8, 4) is 0 Å². The Kier molecular flexibility index (Phi) is 31.9. The third-order valence-corrected chi connectivity index (χ3v) is 0.681. The molecule has 0 aliphatic rings. The van der Waals surface area contributed by atoms with E-state index < -0.39 is 17.1 Å². The van der Waals surface area contributed by atoms with Gasteiger partial charge in [0.05, 0.1) is 0 Å². The van der Waals surface area contributed by atoms with Crippen molar-refractivity contribution in [2.24, 2.45) is 0 Å². The molecule has 0 amide bonds. The van der Waals surface area contributed by atoms with E-state index in [4.69, 9.17) is 0 Å².